The van der Waals surface area contributed by atoms with Crippen LogP contribution in [0.25, 0.3) is 0 Å². The number of carboxylic acids is 4. The van der Waals surface area contributed by atoms with Gasteiger partial charge >= 0.3 is 23.9 Å². The summed E-state index contributed by atoms with van der Waals surface area (Å²) in [5.41, 5.74) is 3.78. The van der Waals surface area contributed by atoms with Gasteiger partial charge in [-0.15, -0.1) is 0 Å². The lowest BCUT2D eigenvalue weighted by molar-refractivity contribution is -0.144. The zero-order chi connectivity index (χ0) is 105. The number of nitrogens with one attached hydrogen (secondary N) is 2. The predicted molar refractivity (Wildman–Crippen MR) is 558 cm³/mol. The van der Waals surface area contributed by atoms with Gasteiger partial charge in [-0.25, -0.2) is 0 Å². The van der Waals surface area contributed by atoms with E-state index >= 15 is 0 Å². The Morgan fingerprint density at radius 2 is 0.660 bits per heavy atom. The first-order valence-electron chi connectivity index (χ1n) is 50.7. The summed E-state index contributed by atoms with van der Waals surface area (Å²) in [7, 11) is 11.4. The molecule has 13 rings (SSSR count). The molecule has 31 nitrogen and oxygen atoms in total. The Morgan fingerprint density at radius 1 is 0.347 bits per heavy atom. The molecule has 5 heterocycles. The summed E-state index contributed by atoms with van der Waals surface area (Å²) in [5.74, 6) is 1.05. The molecule has 0 aromatic heterocycles. The smallest absolute Gasteiger partial charge is 0.308 e. The number of hydrogen-bond acceptors (Lipinski definition) is 23. The quantitative estimate of drug-likeness (QED) is 0.0174. The van der Waals surface area contributed by atoms with E-state index in [1.807, 2.05) is 258 Å². The summed E-state index contributed by atoms with van der Waals surface area (Å²) in [6.07, 6.45) is 10.9. The first-order valence-corrected chi connectivity index (χ1v) is 50.7. The average molecular weight is 2000 g/mol. The van der Waals surface area contributed by atoms with Gasteiger partial charge in [-0.3, -0.25) is 58.0 Å². The van der Waals surface area contributed by atoms with Crippen LogP contribution in [0.4, 0.5) is 0 Å². The Labute approximate surface area is 852 Å². The highest BCUT2D eigenvalue weighted by molar-refractivity contribution is 5.82. The van der Waals surface area contributed by atoms with E-state index in [1.165, 1.54) is 0 Å². The number of aliphatic carboxylic acids is 4. The first kappa shape index (κ1) is 118. The van der Waals surface area contributed by atoms with Crippen molar-refractivity contribution in [1.29, 1.82) is 0 Å². The maximum absolute atomic E-state index is 13.0. The minimum absolute atomic E-state index is 0.00914. The highest BCUT2D eigenvalue weighted by Gasteiger charge is 2.51. The van der Waals surface area contributed by atoms with Gasteiger partial charge in [-0.05, 0) is 184 Å². The number of rotatable bonds is 46. The molecule has 0 aliphatic carbocycles. The maximum Gasteiger partial charge on any atom is 0.308 e. The molecule has 7 N–H and O–H groups in total. The summed E-state index contributed by atoms with van der Waals surface area (Å²) in [6.45, 7) is 23.7. The second-order valence-corrected chi connectivity index (χ2v) is 35.9. The molecule has 788 valence electrons. The van der Waals surface area contributed by atoms with E-state index in [0.29, 0.717) is 114 Å². The molecule has 4 saturated heterocycles. The number of methoxy groups -OCH3 is 7. The average Bonchev–Trinajstić information content (AvgIpc) is 1.63. The zero-order valence-corrected chi connectivity index (χ0v) is 87.0. The topological polar surface area (TPSA) is 374 Å². The van der Waals surface area contributed by atoms with Gasteiger partial charge < -0.3 is 93.3 Å². The molecular formula is C113H158N8O23. The number of amides is 4. The van der Waals surface area contributed by atoms with E-state index in [0.717, 1.165) is 115 Å². The Hall–Kier alpha value is -12.7. The fraction of sp³-hybridized carbons (Fsp3) is 0.504. The van der Waals surface area contributed by atoms with Crippen LogP contribution in [-0.4, -0.2) is 288 Å². The molecule has 8 aromatic rings. The van der Waals surface area contributed by atoms with Crippen molar-refractivity contribution in [2.75, 3.05) is 161 Å². The molecule has 5 aliphatic rings. The van der Waals surface area contributed by atoms with Crippen molar-refractivity contribution >= 4 is 47.5 Å². The van der Waals surface area contributed by atoms with Crippen LogP contribution in [-0.2, 0) is 38.4 Å². The van der Waals surface area contributed by atoms with Crippen molar-refractivity contribution in [3.8, 4) is 57.5 Å². The molecular weight excluding hydrogens is 1840 g/mol. The van der Waals surface area contributed by atoms with Crippen LogP contribution in [0, 0.1) is 23.7 Å². The van der Waals surface area contributed by atoms with Crippen LogP contribution in [0.2, 0.25) is 0 Å². The number of carbonyl (C=O) groups is 8. The molecule has 0 radical (unpaired) electrons. The van der Waals surface area contributed by atoms with Crippen LogP contribution in [0.15, 0.2) is 206 Å². The number of benzene rings is 8. The highest BCUT2D eigenvalue weighted by atomic mass is 16.7. The number of likely N-dealkylation sites (tertiary alicyclic amines) is 4. The molecule has 12 atom stereocenters. The van der Waals surface area contributed by atoms with Crippen molar-refractivity contribution in [3.05, 3.63) is 229 Å². The number of aliphatic hydroxyl groups excluding tert-OH is 1. The summed E-state index contributed by atoms with van der Waals surface area (Å²) in [5, 5.41) is 55.0. The Kier molecular flexibility index (Phi) is 53.3. The van der Waals surface area contributed by atoms with Crippen molar-refractivity contribution < 1.29 is 111 Å². The minimum atomic E-state index is -0.895. The van der Waals surface area contributed by atoms with Gasteiger partial charge in [-0.2, -0.15) is 0 Å². The summed E-state index contributed by atoms with van der Waals surface area (Å²) in [6, 6.07) is 63.8. The third-order valence-corrected chi connectivity index (χ3v) is 26.8. The molecule has 4 amide bonds. The van der Waals surface area contributed by atoms with Crippen LogP contribution < -0.4 is 58.0 Å². The normalized spacial score (nSPS) is 19.6. The number of carboxylic acid groups (broad SMARTS) is 4. The maximum atomic E-state index is 13.0. The van der Waals surface area contributed by atoms with Gasteiger partial charge in [0.15, 0.2) is 23.0 Å². The third kappa shape index (κ3) is 36.6. The molecule has 5 aliphatic heterocycles. The second-order valence-electron chi connectivity index (χ2n) is 35.9. The Morgan fingerprint density at radius 3 is 1.00 bits per heavy atom. The minimum Gasteiger partial charge on any atom is -0.497 e. The number of aliphatic hydroxyl groups is 1. The SMILES string of the molecule is CCCCN(CC)C(=O)CN1C[C@H](c2ccc(OC)cc2)[C@@H](C(=O)O)[C@@H]1CC.CCCCN(CCCO)C(=O)CN1C[C@H](c2ccc(OC)cc2)[C@@H](C(=O)O)[C@@H]1CC.CCCCNC(=O)CN1C[C@H](c2ccc(OC)cc2)[C@@H](C(=O)O)[C@@H]1CC.CCCCNC(=O)CN1C[C@H](c2ccc3c(c2)OCO3)[C@@H](C(=O)O)[C@@H]1CCOc1ccccc1OC.COc1ccccc1.COc1ccccc1.COc1ccccc1. The number of fused-ring (bicyclic) bond motifs is 1. The second kappa shape index (κ2) is 64.9. The van der Waals surface area contributed by atoms with Crippen LogP contribution >= 0.6 is 0 Å². The monoisotopic (exact) mass is 2000 g/mol. The lowest BCUT2D eigenvalue weighted by Gasteiger charge is -2.29. The largest absolute Gasteiger partial charge is 0.497 e. The molecule has 0 saturated carbocycles. The molecule has 0 bridgehead atoms. The van der Waals surface area contributed by atoms with Crippen LogP contribution in [0.1, 0.15) is 185 Å². The van der Waals surface area contributed by atoms with Gasteiger partial charge in [0.1, 0.15) is 34.5 Å². The standard InChI is InChI=1S/C27H34N2O7.C23H36N2O5.C22H34N2O4.C20H30N2O4.3C7H8O/c1-3-4-12-28-25(30)16-29-15-19(18-9-10-23-24(14-18)36-17-35-23)26(27(31)32)20(29)11-13-34-22-8-6-5-7-21(22)33-2;1-4-6-12-24(13-7-14-26)21(27)16-25-15-19(22(23(28)29)20(25)5-2)17-8-10-18(30-3)11-9-17;1-5-8-13-23(7-3)20(25)15-24-14-18(21(22(26)27)19(24)6-2)16-9-11-17(28-4)12-10-16;1-4-6-11-21-18(23)13-22-12-16(19(20(24)25)17(22)5-2)14-7-9-15(26-3)10-8-14;3*1-8-7-5-3-2-4-6-7/h5-10,14,19-20,26H,3-4,11-13,15-17H2,1-2H3,(H,28,30)(H,31,32);8-11,19-20,22,26H,4-7,12-16H2,1-3H3,(H,28,29);9-12,18-19,21H,5-8,13-15H2,1-4H3,(H,26,27);7-10,16-17,19H,4-6,11-13H2,1-3H3,(H,21,23)(H,24,25);3*2-6H,1H3/t19-,20+,26-;19-,20+,22-;18-,19+,21-;16-,17+,19-;;;/m1111.../s1. The van der Waals surface area contributed by atoms with E-state index in [2.05, 4.69) is 43.2 Å². The van der Waals surface area contributed by atoms with E-state index in [-0.39, 0.29) is 118 Å². The molecule has 31 heteroatoms. The Balaban J connectivity index is 0.000000242. The number of hydrogen-bond donors (Lipinski definition) is 7. The van der Waals surface area contributed by atoms with Gasteiger partial charge in [0, 0.05) is 120 Å². The van der Waals surface area contributed by atoms with Gasteiger partial charge in [0.2, 0.25) is 30.4 Å². The van der Waals surface area contributed by atoms with E-state index in [9.17, 15) is 58.8 Å². The number of nitrogens with zero attached hydrogens (tertiary/aromatic N) is 6. The Bertz CT molecular complexity index is 4950. The molecule has 8 aromatic carbocycles. The lowest BCUT2D eigenvalue weighted by Crippen LogP contribution is -2.44. The summed E-state index contributed by atoms with van der Waals surface area (Å²) in [4.78, 5) is 111. The lowest BCUT2D eigenvalue weighted by atomic mass is 9.84. The van der Waals surface area contributed by atoms with Crippen LogP contribution in [0.3, 0.4) is 0 Å². The summed E-state index contributed by atoms with van der Waals surface area (Å²) >= 11 is 0. The van der Waals surface area contributed by atoms with Gasteiger partial charge in [-0.1, -0.05) is 183 Å². The van der Waals surface area contributed by atoms with E-state index < -0.39 is 47.5 Å². The predicted octanol–water partition coefficient (Wildman–Crippen LogP) is 16.7. The van der Waals surface area contributed by atoms with Crippen molar-refractivity contribution in [2.24, 2.45) is 23.7 Å². The van der Waals surface area contributed by atoms with Crippen molar-refractivity contribution in [1.82, 2.24) is 40.0 Å². The van der Waals surface area contributed by atoms with E-state index in [4.69, 9.17) is 52.5 Å². The number of para-hydroxylation sites is 5. The first-order chi connectivity index (χ1) is 69.7. The number of ether oxygens (including phenoxy) is 10. The third-order valence-electron chi connectivity index (χ3n) is 26.8. The molecule has 0 unspecified atom stereocenters. The number of carbonyl (C=O) groups excluding carboxylic acids is 4. The van der Waals surface area contributed by atoms with Crippen molar-refractivity contribution in [3.63, 3.8) is 0 Å². The number of unbranched alkanes of at least 4 members (excludes halogenated alkanes) is 4. The summed E-state index contributed by atoms with van der Waals surface area (Å²) < 4.78 is 52.6. The molecule has 144 heavy (non-hydrogen) atoms. The highest BCUT2D eigenvalue weighted by Crippen LogP contribution is 2.46. The van der Waals surface area contributed by atoms with E-state index in [1.54, 1.807) is 49.8 Å². The van der Waals surface area contributed by atoms with Gasteiger partial charge in [0.25, 0.3) is 0 Å². The van der Waals surface area contributed by atoms with Gasteiger partial charge in [0.05, 0.1) is 106 Å². The zero-order valence-electron chi connectivity index (χ0n) is 87.0. The van der Waals surface area contributed by atoms with Crippen LogP contribution in [0.5, 0.6) is 57.5 Å². The molecule has 4 fully saturated rings. The van der Waals surface area contributed by atoms with Crippen molar-refractivity contribution in [2.45, 2.75) is 187 Å². The fourth-order valence-corrected chi connectivity index (χ4v) is 19.2. The number of likely N-dealkylation sites (N-methyl/N-ethyl adjacent to an activating group) is 1. The fourth-order valence-electron chi connectivity index (χ4n) is 19.2. The molecule has 0 spiro atoms.